The van der Waals surface area contributed by atoms with Crippen LogP contribution in [0.15, 0.2) is 24.3 Å². The lowest BCUT2D eigenvalue weighted by molar-refractivity contribution is 0.0576. The third-order valence-corrected chi connectivity index (χ3v) is 6.79. The van der Waals surface area contributed by atoms with E-state index in [9.17, 15) is 4.79 Å². The van der Waals surface area contributed by atoms with Gasteiger partial charge in [-0.1, -0.05) is 24.1 Å². The first-order valence-corrected chi connectivity index (χ1v) is 10.1. The topological polar surface area (TPSA) is 32.3 Å². The highest BCUT2D eigenvalue weighted by Crippen LogP contribution is 2.31. The lowest BCUT2D eigenvalue weighted by Crippen LogP contribution is -2.50. The number of hydrogen-bond acceptors (Lipinski definition) is 3. The van der Waals surface area contributed by atoms with Crippen LogP contribution in [0, 0.1) is 5.92 Å². The van der Waals surface area contributed by atoms with Gasteiger partial charge in [-0.3, -0.25) is 4.79 Å². The quantitative estimate of drug-likeness (QED) is 0.868. The summed E-state index contributed by atoms with van der Waals surface area (Å²) >= 11 is 7.56. The molecule has 0 saturated carbocycles. The molecule has 128 valence electrons. The average Bonchev–Trinajstić information content (AvgIpc) is 3.03. The second-order valence-electron chi connectivity index (χ2n) is 7.00. The Bertz CT molecular complexity index is 742. The molecular formula is C19H23ClN2OS. The van der Waals surface area contributed by atoms with Crippen molar-refractivity contribution in [3.8, 4) is 0 Å². The van der Waals surface area contributed by atoms with Crippen LogP contribution < -0.4 is 5.32 Å². The van der Waals surface area contributed by atoms with E-state index in [1.807, 2.05) is 24.3 Å². The summed E-state index contributed by atoms with van der Waals surface area (Å²) in [4.78, 5) is 16.0. The van der Waals surface area contributed by atoms with Gasteiger partial charge in [-0.25, -0.2) is 0 Å². The van der Waals surface area contributed by atoms with Gasteiger partial charge in [0.2, 0.25) is 0 Å². The van der Waals surface area contributed by atoms with E-state index in [1.54, 1.807) is 0 Å². The highest BCUT2D eigenvalue weighted by atomic mass is 35.5. The Morgan fingerprint density at radius 3 is 3.00 bits per heavy atom. The van der Waals surface area contributed by atoms with Gasteiger partial charge in [0, 0.05) is 22.3 Å². The van der Waals surface area contributed by atoms with Crippen molar-refractivity contribution in [3.63, 3.8) is 0 Å². The van der Waals surface area contributed by atoms with Crippen molar-refractivity contribution in [2.75, 3.05) is 19.6 Å². The van der Waals surface area contributed by atoms with Gasteiger partial charge in [0.15, 0.2) is 0 Å². The van der Waals surface area contributed by atoms with Gasteiger partial charge in [-0.05, 0) is 68.3 Å². The van der Waals surface area contributed by atoms with Crippen LogP contribution in [0.25, 0.3) is 10.1 Å². The number of benzene rings is 1. The van der Waals surface area contributed by atoms with E-state index < -0.39 is 0 Å². The van der Waals surface area contributed by atoms with E-state index in [0.717, 1.165) is 26.5 Å². The molecule has 2 atom stereocenters. The number of nitrogens with zero attached hydrogens (tertiary/aromatic N) is 1. The second kappa shape index (κ2) is 7.03. The van der Waals surface area contributed by atoms with Crippen LogP contribution in [0.4, 0.5) is 0 Å². The normalized spacial score (nSPS) is 24.7. The Morgan fingerprint density at radius 2 is 2.08 bits per heavy atom. The van der Waals surface area contributed by atoms with E-state index in [2.05, 4.69) is 10.2 Å². The van der Waals surface area contributed by atoms with Crippen LogP contribution in [-0.4, -0.2) is 36.5 Å². The summed E-state index contributed by atoms with van der Waals surface area (Å²) in [5.41, 5.74) is 0. The predicted molar refractivity (Wildman–Crippen MR) is 101 cm³/mol. The number of fused-ring (bicyclic) bond motifs is 2. The zero-order valence-electron chi connectivity index (χ0n) is 13.8. The van der Waals surface area contributed by atoms with Crippen molar-refractivity contribution in [2.24, 2.45) is 5.92 Å². The summed E-state index contributed by atoms with van der Waals surface area (Å²) in [6.07, 6.45) is 6.46. The molecule has 1 N–H and O–H groups in total. The van der Waals surface area contributed by atoms with Gasteiger partial charge in [0.25, 0.3) is 5.91 Å². The number of rotatable bonds is 3. The maximum absolute atomic E-state index is 12.6. The number of amides is 1. The van der Waals surface area contributed by atoms with Gasteiger partial charge in [0.05, 0.1) is 4.88 Å². The lowest BCUT2D eigenvalue weighted by Gasteiger charge is -2.44. The first-order chi connectivity index (χ1) is 11.7. The number of carbonyl (C=O) groups is 1. The predicted octanol–water partition coefficient (Wildman–Crippen LogP) is 4.55. The van der Waals surface area contributed by atoms with E-state index in [-0.39, 0.29) is 5.91 Å². The third-order valence-electron chi connectivity index (χ3n) is 5.46. The standard InChI is InChI=1S/C19H23ClN2OS/c20-15-7-6-13-10-18(24-17(13)11-15)19(23)21-12-14-4-3-9-22-8-2-1-5-16(14)22/h6-7,10-11,14,16H,1-5,8-9,12H2,(H,21,23)/t14-,16+/m1/s1. The van der Waals surface area contributed by atoms with Crippen molar-refractivity contribution in [2.45, 2.75) is 38.1 Å². The number of piperidine rings is 2. The Kier molecular flexibility index (Phi) is 4.79. The first-order valence-electron chi connectivity index (χ1n) is 8.92. The number of carbonyl (C=O) groups excluding carboxylic acids is 1. The zero-order chi connectivity index (χ0) is 16.5. The second-order valence-corrected chi connectivity index (χ2v) is 8.52. The van der Waals surface area contributed by atoms with E-state index in [0.29, 0.717) is 12.0 Å². The van der Waals surface area contributed by atoms with Crippen molar-refractivity contribution in [1.82, 2.24) is 10.2 Å². The van der Waals surface area contributed by atoms with Gasteiger partial charge in [-0.2, -0.15) is 0 Å². The van der Waals surface area contributed by atoms with Gasteiger partial charge in [-0.15, -0.1) is 11.3 Å². The minimum atomic E-state index is 0.0558. The smallest absolute Gasteiger partial charge is 0.261 e. The maximum atomic E-state index is 12.6. The lowest BCUT2D eigenvalue weighted by atomic mass is 9.83. The molecule has 0 bridgehead atoms. The molecular weight excluding hydrogens is 340 g/mol. The van der Waals surface area contributed by atoms with Crippen molar-refractivity contribution in [3.05, 3.63) is 34.2 Å². The summed E-state index contributed by atoms with van der Waals surface area (Å²) in [7, 11) is 0. The summed E-state index contributed by atoms with van der Waals surface area (Å²) in [6, 6.07) is 8.43. The van der Waals surface area contributed by atoms with Crippen LogP contribution in [0.1, 0.15) is 41.8 Å². The molecule has 3 nitrogen and oxygen atoms in total. The van der Waals surface area contributed by atoms with Crippen molar-refractivity contribution >= 4 is 38.9 Å². The molecule has 0 unspecified atom stereocenters. The summed E-state index contributed by atoms with van der Waals surface area (Å²) in [6.45, 7) is 3.29. The Balaban J connectivity index is 1.41. The fourth-order valence-electron chi connectivity index (χ4n) is 4.24. The van der Waals surface area contributed by atoms with E-state index in [1.165, 1.54) is 56.5 Å². The Labute approximate surface area is 152 Å². The molecule has 1 aromatic carbocycles. The molecule has 4 rings (SSSR count). The molecule has 2 aliphatic rings. The average molecular weight is 363 g/mol. The van der Waals surface area contributed by atoms with E-state index >= 15 is 0 Å². The maximum Gasteiger partial charge on any atom is 0.261 e. The van der Waals surface area contributed by atoms with Crippen LogP contribution >= 0.6 is 22.9 Å². The van der Waals surface area contributed by atoms with Crippen LogP contribution in [-0.2, 0) is 0 Å². The SMILES string of the molecule is O=C(NC[C@H]1CCCN2CCCC[C@@H]12)c1cc2ccc(Cl)cc2s1. The van der Waals surface area contributed by atoms with Gasteiger partial charge >= 0.3 is 0 Å². The number of halogens is 1. The highest BCUT2D eigenvalue weighted by molar-refractivity contribution is 7.20. The molecule has 3 heterocycles. The van der Waals surface area contributed by atoms with Gasteiger partial charge in [0.1, 0.15) is 0 Å². The number of hydrogen-bond donors (Lipinski definition) is 1. The molecule has 24 heavy (non-hydrogen) atoms. The molecule has 2 saturated heterocycles. The van der Waals surface area contributed by atoms with Crippen molar-refractivity contribution in [1.29, 1.82) is 0 Å². The largest absolute Gasteiger partial charge is 0.351 e. The summed E-state index contributed by atoms with van der Waals surface area (Å²) in [5, 5.41) is 5.00. The van der Waals surface area contributed by atoms with Crippen molar-refractivity contribution < 1.29 is 4.79 Å². The fourth-order valence-corrected chi connectivity index (χ4v) is 5.50. The molecule has 2 aromatic rings. The Hall–Kier alpha value is -1.10. The zero-order valence-corrected chi connectivity index (χ0v) is 15.3. The van der Waals surface area contributed by atoms with E-state index in [4.69, 9.17) is 11.6 Å². The molecule has 5 heteroatoms. The minimum absolute atomic E-state index is 0.0558. The van der Waals surface area contributed by atoms with Crippen LogP contribution in [0.2, 0.25) is 5.02 Å². The molecule has 1 amide bonds. The molecule has 1 aromatic heterocycles. The number of nitrogens with one attached hydrogen (secondary N) is 1. The molecule has 2 fully saturated rings. The minimum Gasteiger partial charge on any atom is -0.351 e. The van der Waals surface area contributed by atoms with Gasteiger partial charge < -0.3 is 10.2 Å². The molecule has 0 spiro atoms. The molecule has 0 radical (unpaired) electrons. The monoisotopic (exact) mass is 362 g/mol. The first kappa shape index (κ1) is 16.4. The molecule has 0 aliphatic carbocycles. The summed E-state index contributed by atoms with van der Waals surface area (Å²) in [5.74, 6) is 0.659. The number of thiophene rings is 1. The molecule has 2 aliphatic heterocycles. The van der Waals surface area contributed by atoms with Crippen LogP contribution in [0.5, 0.6) is 0 Å². The Morgan fingerprint density at radius 1 is 1.21 bits per heavy atom. The van der Waals surface area contributed by atoms with Crippen LogP contribution in [0.3, 0.4) is 0 Å². The third kappa shape index (κ3) is 3.32. The fraction of sp³-hybridized carbons (Fsp3) is 0.526. The summed E-state index contributed by atoms with van der Waals surface area (Å²) < 4.78 is 1.07. The highest BCUT2D eigenvalue weighted by Gasteiger charge is 2.33.